The Morgan fingerprint density at radius 2 is 1.82 bits per heavy atom. The number of hydrogen-bond acceptors (Lipinski definition) is 5. The van der Waals surface area contributed by atoms with Crippen LogP contribution in [0.1, 0.15) is 23.6 Å². The summed E-state index contributed by atoms with van der Waals surface area (Å²) in [6.45, 7) is 9.24. The Morgan fingerprint density at radius 1 is 1.07 bits per heavy atom. The minimum Gasteiger partial charge on any atom is -0.489 e. The summed E-state index contributed by atoms with van der Waals surface area (Å²) in [5.74, 6) is 0.855. The summed E-state index contributed by atoms with van der Waals surface area (Å²) in [4.78, 5) is 4.92. The van der Waals surface area contributed by atoms with Gasteiger partial charge in [0.15, 0.2) is 0 Å². The van der Waals surface area contributed by atoms with Crippen LogP contribution in [0.3, 0.4) is 0 Å². The Labute approximate surface area is 168 Å². The number of likely N-dealkylation sites (N-methyl/N-ethyl adjacent to an activating group) is 1. The summed E-state index contributed by atoms with van der Waals surface area (Å²) in [7, 11) is 2.19. The van der Waals surface area contributed by atoms with Crippen molar-refractivity contribution in [1.82, 2.24) is 15.1 Å². The standard InChI is InChI=1S/C23H30N4O/c1-19(17-27-11-9-26(2)10-12-27)25-16-21-6-4-8-23(14-21)28-18-22-7-3-5-20(13-22)15-24/h3-8,13-14,19,25H,9-12,16-18H2,1-2H3. The number of ether oxygens (including phenoxy) is 1. The van der Waals surface area contributed by atoms with Gasteiger partial charge in [0, 0.05) is 45.3 Å². The molecule has 1 aliphatic rings. The smallest absolute Gasteiger partial charge is 0.120 e. The number of nitriles is 1. The second-order valence-corrected chi connectivity index (χ2v) is 7.63. The van der Waals surface area contributed by atoms with Gasteiger partial charge in [0.25, 0.3) is 0 Å². The molecular formula is C23H30N4O. The second-order valence-electron chi connectivity index (χ2n) is 7.63. The van der Waals surface area contributed by atoms with E-state index in [4.69, 9.17) is 10.00 Å². The molecule has 1 atom stereocenters. The average Bonchev–Trinajstić information content (AvgIpc) is 2.73. The van der Waals surface area contributed by atoms with Gasteiger partial charge >= 0.3 is 0 Å². The minimum absolute atomic E-state index is 0.446. The number of hydrogen-bond donors (Lipinski definition) is 1. The van der Waals surface area contributed by atoms with E-state index in [-0.39, 0.29) is 0 Å². The van der Waals surface area contributed by atoms with Crippen LogP contribution in [-0.4, -0.2) is 55.6 Å². The maximum atomic E-state index is 9.00. The molecule has 1 saturated heterocycles. The molecule has 148 valence electrons. The van der Waals surface area contributed by atoms with Crippen molar-refractivity contribution in [3.63, 3.8) is 0 Å². The zero-order chi connectivity index (χ0) is 19.8. The van der Waals surface area contributed by atoms with Gasteiger partial charge in [-0.25, -0.2) is 0 Å². The molecule has 0 aliphatic carbocycles. The maximum Gasteiger partial charge on any atom is 0.120 e. The molecule has 0 saturated carbocycles. The molecule has 2 aromatic rings. The third-order valence-electron chi connectivity index (χ3n) is 5.14. The largest absolute Gasteiger partial charge is 0.489 e. The summed E-state index contributed by atoms with van der Waals surface area (Å²) in [5, 5.41) is 12.6. The van der Waals surface area contributed by atoms with Crippen molar-refractivity contribution in [2.45, 2.75) is 26.1 Å². The Balaban J connectivity index is 1.45. The van der Waals surface area contributed by atoms with Crippen molar-refractivity contribution in [2.24, 2.45) is 0 Å². The number of rotatable bonds is 8. The van der Waals surface area contributed by atoms with E-state index in [9.17, 15) is 0 Å². The first kappa shape index (κ1) is 20.3. The zero-order valence-corrected chi connectivity index (χ0v) is 16.9. The molecule has 28 heavy (non-hydrogen) atoms. The van der Waals surface area contributed by atoms with Crippen molar-refractivity contribution in [3.05, 3.63) is 65.2 Å². The van der Waals surface area contributed by atoms with E-state index in [0.29, 0.717) is 18.2 Å². The van der Waals surface area contributed by atoms with Crippen molar-refractivity contribution in [1.29, 1.82) is 5.26 Å². The monoisotopic (exact) mass is 378 g/mol. The van der Waals surface area contributed by atoms with Crippen LogP contribution in [0.4, 0.5) is 0 Å². The molecular weight excluding hydrogens is 348 g/mol. The van der Waals surface area contributed by atoms with Crippen molar-refractivity contribution in [3.8, 4) is 11.8 Å². The molecule has 1 heterocycles. The lowest BCUT2D eigenvalue weighted by atomic mass is 10.1. The summed E-state index contributed by atoms with van der Waals surface area (Å²) in [5.41, 5.74) is 2.88. The highest BCUT2D eigenvalue weighted by Crippen LogP contribution is 2.16. The Bertz CT molecular complexity index is 793. The molecule has 3 rings (SSSR count). The first-order valence-electron chi connectivity index (χ1n) is 9.97. The van der Waals surface area contributed by atoms with E-state index in [2.05, 4.69) is 47.3 Å². The van der Waals surface area contributed by atoms with Gasteiger partial charge in [-0.15, -0.1) is 0 Å². The molecule has 1 fully saturated rings. The normalized spacial score (nSPS) is 16.5. The van der Waals surface area contributed by atoms with Crippen LogP contribution < -0.4 is 10.1 Å². The Morgan fingerprint density at radius 3 is 2.61 bits per heavy atom. The van der Waals surface area contributed by atoms with Crippen LogP contribution in [0.15, 0.2) is 48.5 Å². The summed E-state index contributed by atoms with van der Waals surface area (Å²) in [6, 6.07) is 18.4. The highest BCUT2D eigenvalue weighted by Gasteiger charge is 2.15. The number of nitrogens with one attached hydrogen (secondary N) is 1. The van der Waals surface area contributed by atoms with Crippen LogP contribution >= 0.6 is 0 Å². The fourth-order valence-corrected chi connectivity index (χ4v) is 3.42. The molecule has 0 bridgehead atoms. The number of nitrogens with zero attached hydrogens (tertiary/aromatic N) is 3. The third kappa shape index (κ3) is 6.35. The summed E-state index contributed by atoms with van der Waals surface area (Å²) < 4.78 is 5.92. The Kier molecular flexibility index (Phi) is 7.44. The van der Waals surface area contributed by atoms with Crippen LogP contribution in [0.25, 0.3) is 0 Å². The maximum absolute atomic E-state index is 9.00. The minimum atomic E-state index is 0.446. The molecule has 1 N–H and O–H groups in total. The molecule has 1 unspecified atom stereocenters. The quantitative estimate of drug-likeness (QED) is 0.765. The third-order valence-corrected chi connectivity index (χ3v) is 5.14. The second kappa shape index (κ2) is 10.2. The highest BCUT2D eigenvalue weighted by atomic mass is 16.5. The summed E-state index contributed by atoms with van der Waals surface area (Å²) >= 11 is 0. The molecule has 0 amide bonds. The number of benzene rings is 2. The van der Waals surface area contributed by atoms with Gasteiger partial charge < -0.3 is 15.0 Å². The van der Waals surface area contributed by atoms with E-state index in [0.717, 1.165) is 50.6 Å². The van der Waals surface area contributed by atoms with Crippen molar-refractivity contribution >= 4 is 0 Å². The van der Waals surface area contributed by atoms with E-state index >= 15 is 0 Å². The molecule has 2 aromatic carbocycles. The van der Waals surface area contributed by atoms with Crippen LogP contribution in [0.5, 0.6) is 5.75 Å². The molecule has 0 aromatic heterocycles. The fourth-order valence-electron chi connectivity index (χ4n) is 3.42. The lowest BCUT2D eigenvalue weighted by Crippen LogP contribution is -2.48. The molecule has 1 aliphatic heterocycles. The van der Waals surface area contributed by atoms with Gasteiger partial charge in [-0.3, -0.25) is 4.90 Å². The topological polar surface area (TPSA) is 51.5 Å². The van der Waals surface area contributed by atoms with Gasteiger partial charge in [0.05, 0.1) is 11.6 Å². The lowest BCUT2D eigenvalue weighted by molar-refractivity contribution is 0.144. The predicted molar refractivity (Wildman–Crippen MR) is 112 cm³/mol. The average molecular weight is 379 g/mol. The lowest BCUT2D eigenvalue weighted by Gasteiger charge is -2.34. The molecule has 0 radical (unpaired) electrons. The number of piperazine rings is 1. The van der Waals surface area contributed by atoms with Crippen molar-refractivity contribution < 1.29 is 4.74 Å². The fraction of sp³-hybridized carbons (Fsp3) is 0.435. The SMILES string of the molecule is CC(CN1CCN(C)CC1)NCc1cccc(OCc2cccc(C#N)c2)c1. The van der Waals surface area contributed by atoms with Crippen LogP contribution in [-0.2, 0) is 13.2 Å². The summed E-state index contributed by atoms with van der Waals surface area (Å²) in [6.07, 6.45) is 0. The van der Waals surface area contributed by atoms with Crippen molar-refractivity contribution in [2.75, 3.05) is 39.8 Å². The molecule has 0 spiro atoms. The van der Waals surface area contributed by atoms with Crippen LogP contribution in [0, 0.1) is 11.3 Å². The first-order chi connectivity index (χ1) is 13.6. The Hall–Kier alpha value is -2.39. The van der Waals surface area contributed by atoms with Gasteiger partial charge in [0.2, 0.25) is 0 Å². The first-order valence-corrected chi connectivity index (χ1v) is 9.97. The van der Waals surface area contributed by atoms with Crippen LogP contribution in [0.2, 0.25) is 0 Å². The van der Waals surface area contributed by atoms with E-state index in [1.54, 1.807) is 6.07 Å². The van der Waals surface area contributed by atoms with E-state index in [1.165, 1.54) is 5.56 Å². The van der Waals surface area contributed by atoms with Gasteiger partial charge in [-0.2, -0.15) is 5.26 Å². The highest BCUT2D eigenvalue weighted by molar-refractivity contribution is 5.33. The van der Waals surface area contributed by atoms with Gasteiger partial charge in [-0.05, 0) is 49.4 Å². The predicted octanol–water partition coefficient (Wildman–Crippen LogP) is 2.86. The van der Waals surface area contributed by atoms with Gasteiger partial charge in [-0.1, -0.05) is 24.3 Å². The zero-order valence-electron chi connectivity index (χ0n) is 16.9. The van der Waals surface area contributed by atoms with E-state index in [1.807, 2.05) is 30.3 Å². The molecule has 5 heteroatoms. The van der Waals surface area contributed by atoms with E-state index < -0.39 is 0 Å². The molecule has 5 nitrogen and oxygen atoms in total. The van der Waals surface area contributed by atoms with Gasteiger partial charge in [0.1, 0.15) is 12.4 Å².